The lowest BCUT2D eigenvalue weighted by Crippen LogP contribution is -2.44. The van der Waals surface area contributed by atoms with Crippen LogP contribution in [0.1, 0.15) is 19.8 Å². The number of nitrogens with one attached hydrogen (secondary N) is 1. The molecule has 1 aliphatic carbocycles. The van der Waals surface area contributed by atoms with Gasteiger partial charge in [0, 0.05) is 43.2 Å². The molecule has 13 heavy (non-hydrogen) atoms. The van der Waals surface area contributed by atoms with Gasteiger partial charge in [0.25, 0.3) is 0 Å². The van der Waals surface area contributed by atoms with Gasteiger partial charge in [-0.05, 0) is 19.8 Å². The molecular formula is C10H20N2S. The zero-order chi connectivity index (χ0) is 9.10. The Balaban J connectivity index is 1.64. The Hall–Kier alpha value is 0.270. The molecular weight excluding hydrogens is 180 g/mol. The fourth-order valence-corrected chi connectivity index (χ4v) is 2.70. The van der Waals surface area contributed by atoms with Gasteiger partial charge < -0.3 is 5.32 Å². The van der Waals surface area contributed by atoms with Crippen molar-refractivity contribution in [2.75, 3.05) is 31.1 Å². The van der Waals surface area contributed by atoms with E-state index in [0.717, 1.165) is 12.1 Å². The maximum Gasteiger partial charge on any atom is 0.0193 e. The van der Waals surface area contributed by atoms with Crippen LogP contribution in [0, 0.1) is 0 Å². The molecule has 0 bridgehead atoms. The van der Waals surface area contributed by atoms with E-state index in [-0.39, 0.29) is 0 Å². The van der Waals surface area contributed by atoms with Gasteiger partial charge in [0.2, 0.25) is 0 Å². The third kappa shape index (κ3) is 3.15. The topological polar surface area (TPSA) is 15.3 Å². The Labute approximate surface area is 85.4 Å². The second-order valence-electron chi connectivity index (χ2n) is 4.18. The molecule has 0 spiro atoms. The van der Waals surface area contributed by atoms with Crippen LogP contribution in [-0.2, 0) is 0 Å². The monoisotopic (exact) mass is 200 g/mol. The Kier molecular flexibility index (Phi) is 3.52. The third-order valence-corrected chi connectivity index (χ3v) is 3.89. The van der Waals surface area contributed by atoms with Crippen LogP contribution in [0.25, 0.3) is 0 Å². The molecule has 0 aromatic heterocycles. The molecule has 2 rings (SSSR count). The lowest BCUT2D eigenvalue weighted by molar-refractivity contribution is 0.224. The van der Waals surface area contributed by atoms with Crippen molar-refractivity contribution in [2.24, 2.45) is 0 Å². The molecule has 0 amide bonds. The van der Waals surface area contributed by atoms with Crippen molar-refractivity contribution in [1.29, 1.82) is 0 Å². The molecule has 1 aliphatic heterocycles. The first kappa shape index (κ1) is 9.81. The molecule has 0 aromatic carbocycles. The highest BCUT2D eigenvalue weighted by Crippen LogP contribution is 2.19. The summed E-state index contributed by atoms with van der Waals surface area (Å²) in [7, 11) is 0. The molecule has 1 atom stereocenters. The fraction of sp³-hybridized carbons (Fsp3) is 1.00. The van der Waals surface area contributed by atoms with Crippen LogP contribution in [0.2, 0.25) is 0 Å². The highest BCUT2D eigenvalue weighted by Gasteiger charge is 2.23. The van der Waals surface area contributed by atoms with E-state index in [4.69, 9.17) is 0 Å². The fourth-order valence-electron chi connectivity index (χ4n) is 1.77. The summed E-state index contributed by atoms with van der Waals surface area (Å²) >= 11 is 2.09. The van der Waals surface area contributed by atoms with Crippen molar-refractivity contribution in [1.82, 2.24) is 10.2 Å². The van der Waals surface area contributed by atoms with Crippen molar-refractivity contribution in [3.63, 3.8) is 0 Å². The first-order valence-corrected chi connectivity index (χ1v) is 6.57. The minimum absolute atomic E-state index is 0.738. The molecule has 1 saturated carbocycles. The van der Waals surface area contributed by atoms with Gasteiger partial charge in [0.05, 0.1) is 0 Å². The summed E-state index contributed by atoms with van der Waals surface area (Å²) in [5.41, 5.74) is 0. The number of rotatable bonds is 4. The minimum Gasteiger partial charge on any atom is -0.312 e. The summed E-state index contributed by atoms with van der Waals surface area (Å²) in [6, 6.07) is 1.60. The van der Waals surface area contributed by atoms with Crippen molar-refractivity contribution in [3.8, 4) is 0 Å². The lowest BCUT2D eigenvalue weighted by Gasteiger charge is -2.32. The Morgan fingerprint density at radius 2 is 2.08 bits per heavy atom. The highest BCUT2D eigenvalue weighted by atomic mass is 32.2. The first-order valence-electron chi connectivity index (χ1n) is 5.41. The van der Waals surface area contributed by atoms with E-state index in [9.17, 15) is 0 Å². The van der Waals surface area contributed by atoms with Gasteiger partial charge in [-0.1, -0.05) is 0 Å². The van der Waals surface area contributed by atoms with Gasteiger partial charge in [0.1, 0.15) is 0 Å². The van der Waals surface area contributed by atoms with Crippen molar-refractivity contribution in [3.05, 3.63) is 0 Å². The zero-order valence-corrected chi connectivity index (χ0v) is 9.28. The molecule has 1 heterocycles. The lowest BCUT2D eigenvalue weighted by atomic mass is 10.2. The van der Waals surface area contributed by atoms with Crippen molar-refractivity contribution < 1.29 is 0 Å². The Morgan fingerprint density at radius 1 is 1.38 bits per heavy atom. The number of hydrogen-bond donors (Lipinski definition) is 1. The van der Waals surface area contributed by atoms with Crippen LogP contribution in [0.3, 0.4) is 0 Å². The summed E-state index contributed by atoms with van der Waals surface area (Å²) in [5.74, 6) is 2.65. The molecule has 1 unspecified atom stereocenters. The van der Waals surface area contributed by atoms with Crippen molar-refractivity contribution in [2.45, 2.75) is 31.8 Å². The average Bonchev–Trinajstić information content (AvgIpc) is 2.99. The maximum atomic E-state index is 3.61. The van der Waals surface area contributed by atoms with Crippen LogP contribution in [0.4, 0.5) is 0 Å². The minimum atomic E-state index is 0.738. The molecule has 2 fully saturated rings. The first-order chi connectivity index (χ1) is 6.36. The van der Waals surface area contributed by atoms with Gasteiger partial charge in [-0.25, -0.2) is 0 Å². The number of hydrogen-bond acceptors (Lipinski definition) is 3. The van der Waals surface area contributed by atoms with Crippen LogP contribution >= 0.6 is 11.8 Å². The summed E-state index contributed by atoms with van der Waals surface area (Å²) in [6.07, 6.45) is 2.81. The molecule has 3 heteroatoms. The molecule has 1 saturated heterocycles. The largest absolute Gasteiger partial charge is 0.312 e. The van der Waals surface area contributed by atoms with E-state index >= 15 is 0 Å². The molecule has 2 nitrogen and oxygen atoms in total. The summed E-state index contributed by atoms with van der Waals surface area (Å²) in [4.78, 5) is 2.62. The van der Waals surface area contributed by atoms with Gasteiger partial charge in [-0.15, -0.1) is 0 Å². The van der Waals surface area contributed by atoms with E-state index < -0.39 is 0 Å². The van der Waals surface area contributed by atoms with E-state index in [1.54, 1.807) is 0 Å². The van der Waals surface area contributed by atoms with E-state index in [1.165, 1.54) is 44.0 Å². The predicted octanol–water partition coefficient (Wildman–Crippen LogP) is 1.18. The third-order valence-electron chi connectivity index (χ3n) is 2.95. The quantitative estimate of drug-likeness (QED) is 0.733. The van der Waals surface area contributed by atoms with Gasteiger partial charge in [-0.3, -0.25) is 4.90 Å². The number of nitrogens with zero attached hydrogens (tertiary/aromatic N) is 1. The predicted molar refractivity (Wildman–Crippen MR) is 59.4 cm³/mol. The smallest absolute Gasteiger partial charge is 0.0193 e. The molecule has 2 aliphatic rings. The standard InChI is InChI=1S/C10H20N2S/c1-9(8-11-10-2-3-10)12-4-6-13-7-5-12/h9-11H,2-8H2,1H3. The second kappa shape index (κ2) is 4.67. The average molecular weight is 200 g/mol. The highest BCUT2D eigenvalue weighted by molar-refractivity contribution is 7.99. The van der Waals surface area contributed by atoms with Gasteiger partial charge in [0.15, 0.2) is 0 Å². The SMILES string of the molecule is CC(CNC1CC1)N1CCSCC1. The zero-order valence-electron chi connectivity index (χ0n) is 8.46. The molecule has 76 valence electrons. The summed E-state index contributed by atoms with van der Waals surface area (Å²) in [5, 5.41) is 3.61. The molecule has 0 aromatic rings. The maximum absolute atomic E-state index is 3.61. The molecule has 0 radical (unpaired) electrons. The van der Waals surface area contributed by atoms with Crippen LogP contribution in [0.5, 0.6) is 0 Å². The summed E-state index contributed by atoms with van der Waals surface area (Å²) in [6.45, 7) is 6.12. The van der Waals surface area contributed by atoms with Crippen LogP contribution in [0.15, 0.2) is 0 Å². The Morgan fingerprint density at radius 3 is 2.69 bits per heavy atom. The molecule has 1 N–H and O–H groups in total. The normalized spacial score (nSPS) is 27.5. The number of thioether (sulfide) groups is 1. The Bertz CT molecular complexity index is 153. The van der Waals surface area contributed by atoms with Gasteiger partial charge >= 0.3 is 0 Å². The van der Waals surface area contributed by atoms with Crippen molar-refractivity contribution >= 4 is 11.8 Å². The van der Waals surface area contributed by atoms with Gasteiger partial charge in [-0.2, -0.15) is 11.8 Å². The second-order valence-corrected chi connectivity index (χ2v) is 5.40. The summed E-state index contributed by atoms with van der Waals surface area (Å²) < 4.78 is 0. The van der Waals surface area contributed by atoms with E-state index in [1.807, 2.05) is 0 Å². The van der Waals surface area contributed by atoms with Crippen LogP contribution in [-0.4, -0.2) is 48.1 Å². The van der Waals surface area contributed by atoms with Crippen LogP contribution < -0.4 is 5.32 Å². The van der Waals surface area contributed by atoms with E-state index in [0.29, 0.717) is 0 Å². The van der Waals surface area contributed by atoms with E-state index in [2.05, 4.69) is 28.9 Å².